The molecule has 5 heteroatoms. The Hall–Kier alpha value is -2.66. The smallest absolute Gasteiger partial charge is 0.155 e. The summed E-state index contributed by atoms with van der Waals surface area (Å²) in [5, 5.41) is 9.62. The van der Waals surface area contributed by atoms with E-state index in [0.29, 0.717) is 5.92 Å². The molecule has 0 atom stereocenters. The third-order valence-electron chi connectivity index (χ3n) is 6.79. The molecule has 5 rings (SSSR count). The number of benzene rings is 1. The third-order valence-corrected chi connectivity index (χ3v) is 6.79. The van der Waals surface area contributed by atoms with Crippen molar-refractivity contribution in [2.75, 3.05) is 19.6 Å². The number of nitrogens with one attached hydrogen (secondary N) is 2. The van der Waals surface area contributed by atoms with Gasteiger partial charge in [0, 0.05) is 28.0 Å². The topological polar surface area (TPSA) is 60.6 Å². The van der Waals surface area contributed by atoms with Crippen molar-refractivity contribution in [3.05, 3.63) is 47.8 Å². The number of piperidine rings is 1. The number of nitrogens with zero attached hydrogens (tertiary/aromatic N) is 3. The maximum Gasteiger partial charge on any atom is 0.155 e. The highest BCUT2D eigenvalue weighted by atomic mass is 15.1. The maximum atomic E-state index is 4.40. The molecule has 1 aliphatic heterocycles. The zero-order valence-electron chi connectivity index (χ0n) is 18.0. The van der Waals surface area contributed by atoms with Crippen LogP contribution >= 0.6 is 0 Å². The minimum absolute atomic E-state index is 0.678. The lowest BCUT2D eigenvalue weighted by atomic mass is 9.88. The van der Waals surface area contributed by atoms with E-state index in [9.17, 15) is 0 Å². The Balaban J connectivity index is 1.48. The summed E-state index contributed by atoms with van der Waals surface area (Å²) in [4.78, 5) is 10.7. The molecule has 4 aromatic rings. The summed E-state index contributed by atoms with van der Waals surface area (Å²) in [5.74, 6) is 0.678. The van der Waals surface area contributed by atoms with Crippen LogP contribution < -0.4 is 0 Å². The van der Waals surface area contributed by atoms with Crippen LogP contribution in [-0.4, -0.2) is 44.7 Å². The van der Waals surface area contributed by atoms with Crippen molar-refractivity contribution in [2.24, 2.45) is 0 Å². The van der Waals surface area contributed by atoms with Gasteiger partial charge < -0.3 is 9.88 Å². The first-order chi connectivity index (χ1) is 14.8. The summed E-state index contributed by atoms with van der Waals surface area (Å²) in [7, 11) is 0. The molecule has 0 spiro atoms. The van der Waals surface area contributed by atoms with Gasteiger partial charge in [-0.3, -0.25) is 5.10 Å². The first kappa shape index (κ1) is 19.3. The van der Waals surface area contributed by atoms with Gasteiger partial charge in [0.05, 0.1) is 11.9 Å². The summed E-state index contributed by atoms with van der Waals surface area (Å²) in [6.07, 6.45) is 9.88. The number of likely N-dealkylation sites (tertiary alicyclic amines) is 1. The quantitative estimate of drug-likeness (QED) is 0.439. The molecule has 0 unspecified atom stereocenters. The molecular formula is C25H31N5. The van der Waals surface area contributed by atoms with Crippen LogP contribution in [0.15, 0.2) is 36.7 Å². The van der Waals surface area contributed by atoms with Crippen molar-refractivity contribution < 1.29 is 0 Å². The Morgan fingerprint density at radius 3 is 2.77 bits per heavy atom. The molecule has 30 heavy (non-hydrogen) atoms. The predicted octanol–water partition coefficient (Wildman–Crippen LogP) is 5.65. The molecule has 0 amide bonds. The van der Waals surface area contributed by atoms with Gasteiger partial charge in [0.1, 0.15) is 0 Å². The molecule has 2 N–H and O–H groups in total. The molecular weight excluding hydrogens is 370 g/mol. The zero-order valence-corrected chi connectivity index (χ0v) is 18.0. The standard InChI is InChI=1S/C25H31N5/c1-3-5-12-30-13-9-17(10-14-30)18-6-7-23-21(15-18)19(4-2)24(28-23)20-8-11-26-25-22(20)16-27-29-25/h6-8,11,15-17,28H,3-5,9-10,12-14H2,1-2H3,(H,26,27,29). The second-order valence-corrected chi connectivity index (χ2v) is 8.60. The number of aromatic nitrogens is 4. The molecule has 5 nitrogen and oxygen atoms in total. The number of rotatable bonds is 6. The van der Waals surface area contributed by atoms with Crippen LogP contribution in [0.2, 0.25) is 0 Å². The lowest BCUT2D eigenvalue weighted by molar-refractivity contribution is 0.210. The number of pyridine rings is 1. The summed E-state index contributed by atoms with van der Waals surface area (Å²) in [6.45, 7) is 8.26. The number of hydrogen-bond acceptors (Lipinski definition) is 3. The van der Waals surface area contributed by atoms with E-state index in [4.69, 9.17) is 0 Å². The second kappa shape index (κ2) is 8.23. The van der Waals surface area contributed by atoms with Crippen LogP contribution in [0.4, 0.5) is 0 Å². The summed E-state index contributed by atoms with van der Waals surface area (Å²) < 4.78 is 0. The molecule has 0 radical (unpaired) electrons. The van der Waals surface area contributed by atoms with Crippen LogP contribution in [0.3, 0.4) is 0 Å². The van der Waals surface area contributed by atoms with Gasteiger partial charge in [-0.2, -0.15) is 5.10 Å². The second-order valence-electron chi connectivity index (χ2n) is 8.60. The van der Waals surface area contributed by atoms with Crippen molar-refractivity contribution in [1.82, 2.24) is 25.1 Å². The molecule has 1 aromatic carbocycles. The molecule has 0 bridgehead atoms. The van der Waals surface area contributed by atoms with E-state index in [0.717, 1.165) is 17.5 Å². The highest BCUT2D eigenvalue weighted by Gasteiger charge is 2.22. The predicted molar refractivity (Wildman–Crippen MR) is 124 cm³/mol. The maximum absolute atomic E-state index is 4.40. The fourth-order valence-electron chi connectivity index (χ4n) is 5.06. The lowest BCUT2D eigenvalue weighted by Crippen LogP contribution is -2.33. The Morgan fingerprint density at radius 2 is 1.97 bits per heavy atom. The van der Waals surface area contributed by atoms with Crippen LogP contribution in [0.1, 0.15) is 56.6 Å². The average molecular weight is 402 g/mol. The van der Waals surface area contributed by atoms with Crippen molar-refractivity contribution in [3.8, 4) is 11.3 Å². The van der Waals surface area contributed by atoms with Crippen molar-refractivity contribution in [2.45, 2.75) is 51.9 Å². The van der Waals surface area contributed by atoms with E-state index >= 15 is 0 Å². The van der Waals surface area contributed by atoms with Gasteiger partial charge in [-0.15, -0.1) is 0 Å². The lowest BCUT2D eigenvalue weighted by Gasteiger charge is -2.32. The largest absolute Gasteiger partial charge is 0.354 e. The Kier molecular flexibility index (Phi) is 5.30. The fraction of sp³-hybridized carbons (Fsp3) is 0.440. The number of fused-ring (bicyclic) bond motifs is 2. The minimum atomic E-state index is 0.678. The highest BCUT2D eigenvalue weighted by molar-refractivity contribution is 5.98. The van der Waals surface area contributed by atoms with Gasteiger partial charge in [-0.1, -0.05) is 26.3 Å². The monoisotopic (exact) mass is 401 g/mol. The average Bonchev–Trinajstić information content (AvgIpc) is 3.41. The van der Waals surface area contributed by atoms with Gasteiger partial charge in [0.2, 0.25) is 0 Å². The first-order valence-electron chi connectivity index (χ1n) is 11.4. The number of unbranched alkanes of at least 4 members (excludes halogenated alkanes) is 1. The number of H-pyrrole nitrogens is 2. The van der Waals surface area contributed by atoms with E-state index in [1.165, 1.54) is 78.6 Å². The molecule has 1 saturated heterocycles. The third kappa shape index (κ3) is 3.41. The molecule has 1 fully saturated rings. The van der Waals surface area contributed by atoms with E-state index in [1.54, 1.807) is 0 Å². The van der Waals surface area contributed by atoms with Gasteiger partial charge in [-0.25, -0.2) is 4.98 Å². The van der Waals surface area contributed by atoms with Crippen LogP contribution in [-0.2, 0) is 6.42 Å². The molecule has 1 aliphatic rings. The number of hydrogen-bond donors (Lipinski definition) is 2. The first-order valence-corrected chi connectivity index (χ1v) is 11.4. The molecule has 0 aliphatic carbocycles. The summed E-state index contributed by atoms with van der Waals surface area (Å²) >= 11 is 0. The van der Waals surface area contributed by atoms with E-state index in [-0.39, 0.29) is 0 Å². The van der Waals surface area contributed by atoms with Gasteiger partial charge in [-0.05, 0) is 80.6 Å². The number of aryl methyl sites for hydroxylation is 1. The minimum Gasteiger partial charge on any atom is -0.354 e. The van der Waals surface area contributed by atoms with E-state index < -0.39 is 0 Å². The van der Waals surface area contributed by atoms with Gasteiger partial charge in [0.25, 0.3) is 0 Å². The molecule has 3 aromatic heterocycles. The summed E-state index contributed by atoms with van der Waals surface area (Å²) in [6, 6.07) is 9.17. The van der Waals surface area contributed by atoms with E-state index in [1.807, 2.05) is 12.4 Å². The van der Waals surface area contributed by atoms with Crippen LogP contribution in [0.5, 0.6) is 0 Å². The zero-order chi connectivity index (χ0) is 20.5. The SMILES string of the molecule is CCCCN1CCC(c2ccc3[nH]c(-c4ccnc5[nH]ncc45)c(CC)c3c2)CC1. The summed E-state index contributed by atoms with van der Waals surface area (Å²) in [5.41, 5.74) is 7.32. The number of aromatic amines is 2. The van der Waals surface area contributed by atoms with Gasteiger partial charge in [0.15, 0.2) is 5.65 Å². The molecule has 156 valence electrons. The molecule has 0 saturated carbocycles. The highest BCUT2D eigenvalue weighted by Crippen LogP contribution is 2.36. The Bertz CT molecular complexity index is 1150. The van der Waals surface area contributed by atoms with Crippen molar-refractivity contribution in [3.63, 3.8) is 0 Å². The van der Waals surface area contributed by atoms with Crippen LogP contribution in [0.25, 0.3) is 33.2 Å². The normalized spacial score (nSPS) is 16.1. The van der Waals surface area contributed by atoms with Crippen LogP contribution in [0, 0.1) is 0 Å². The molecule has 4 heterocycles. The van der Waals surface area contributed by atoms with Crippen molar-refractivity contribution >= 4 is 21.9 Å². The van der Waals surface area contributed by atoms with E-state index in [2.05, 4.69) is 63.2 Å². The Labute approximate surface area is 177 Å². The Morgan fingerprint density at radius 1 is 1.10 bits per heavy atom. The van der Waals surface area contributed by atoms with Gasteiger partial charge >= 0.3 is 0 Å². The van der Waals surface area contributed by atoms with Crippen molar-refractivity contribution in [1.29, 1.82) is 0 Å². The fourth-order valence-corrected chi connectivity index (χ4v) is 5.06.